The van der Waals surface area contributed by atoms with Crippen molar-refractivity contribution in [2.45, 2.75) is 38.9 Å². The van der Waals surface area contributed by atoms with Gasteiger partial charge in [0.25, 0.3) is 0 Å². The molecular formula is C31H35Cl2FN8O. The molecule has 2 aliphatic heterocycles. The van der Waals surface area contributed by atoms with Crippen LogP contribution in [-0.4, -0.2) is 93.9 Å². The second-order valence-electron chi connectivity index (χ2n) is 11.9. The van der Waals surface area contributed by atoms with E-state index in [4.69, 9.17) is 33.2 Å². The number of amides is 1. The molecule has 0 spiro atoms. The Morgan fingerprint density at radius 1 is 1.07 bits per heavy atom. The van der Waals surface area contributed by atoms with Gasteiger partial charge >= 0.3 is 0 Å². The van der Waals surface area contributed by atoms with Crippen molar-refractivity contribution in [3.05, 3.63) is 52.4 Å². The third kappa shape index (κ3) is 4.80. The number of carbonyl (C=O) groups excluding carboxylic acids is 1. The van der Waals surface area contributed by atoms with Crippen LogP contribution in [0, 0.1) is 12.7 Å². The first kappa shape index (κ1) is 29.6. The van der Waals surface area contributed by atoms with Gasteiger partial charge in [0, 0.05) is 73.3 Å². The summed E-state index contributed by atoms with van der Waals surface area (Å²) in [4.78, 5) is 30.6. The van der Waals surface area contributed by atoms with Crippen molar-refractivity contribution in [1.29, 1.82) is 0 Å². The average Bonchev–Trinajstić information content (AvgIpc) is 3.22. The molecular weight excluding hydrogens is 590 g/mol. The lowest BCUT2D eigenvalue weighted by atomic mass is 9.95. The quantitative estimate of drug-likeness (QED) is 0.279. The monoisotopic (exact) mass is 624 g/mol. The number of likely N-dealkylation sites (N-methyl/N-ethyl adjacent to an activating group) is 1. The fourth-order valence-corrected chi connectivity index (χ4v) is 6.85. The summed E-state index contributed by atoms with van der Waals surface area (Å²) in [5.41, 5.74) is 2.61. The standard InChI is InChI=1S/C31H35Cl2FN8O/c1-8-23(43)41-12-18(4)42(13-17(41)3)30-21-11-22(32)25(24-16(2)9-10-20-28(24)39(7)37-29(20)33)26(34)27(21)35-31(36-30)40-14-19(15-40)38(5)6/h8-11,17-19H,1,12-15H2,2-7H3/t17-,18+/m1/s1. The van der Waals surface area contributed by atoms with Gasteiger partial charge in [0.2, 0.25) is 11.9 Å². The van der Waals surface area contributed by atoms with Gasteiger partial charge < -0.3 is 19.6 Å². The molecule has 12 heteroatoms. The van der Waals surface area contributed by atoms with Gasteiger partial charge in [-0.25, -0.2) is 9.37 Å². The zero-order valence-corrected chi connectivity index (χ0v) is 26.7. The first-order valence-electron chi connectivity index (χ1n) is 14.3. The molecule has 2 atom stereocenters. The average molecular weight is 626 g/mol. The number of hydrogen-bond acceptors (Lipinski definition) is 7. The molecule has 0 bridgehead atoms. The lowest BCUT2D eigenvalue weighted by molar-refractivity contribution is -0.128. The number of hydrogen-bond donors (Lipinski definition) is 0. The largest absolute Gasteiger partial charge is 0.349 e. The van der Waals surface area contributed by atoms with E-state index in [-0.39, 0.29) is 34.1 Å². The first-order valence-corrected chi connectivity index (χ1v) is 15.1. The van der Waals surface area contributed by atoms with Crippen molar-refractivity contribution in [3.63, 3.8) is 0 Å². The highest BCUT2D eigenvalue weighted by Crippen LogP contribution is 2.44. The van der Waals surface area contributed by atoms with Crippen LogP contribution >= 0.6 is 23.2 Å². The van der Waals surface area contributed by atoms with Gasteiger partial charge in [0.1, 0.15) is 11.3 Å². The zero-order valence-electron chi connectivity index (χ0n) is 25.2. The second kappa shape index (κ2) is 10.9. The third-order valence-electron chi connectivity index (χ3n) is 8.86. The maximum absolute atomic E-state index is 17.0. The van der Waals surface area contributed by atoms with Gasteiger partial charge in [0.15, 0.2) is 11.0 Å². The fraction of sp³-hybridized carbons (Fsp3) is 0.419. The Balaban J connectivity index is 1.56. The Morgan fingerprint density at radius 2 is 1.79 bits per heavy atom. The number of nitrogens with zero attached hydrogens (tertiary/aromatic N) is 8. The highest BCUT2D eigenvalue weighted by atomic mass is 35.5. The van der Waals surface area contributed by atoms with Crippen LogP contribution in [0.2, 0.25) is 10.2 Å². The molecule has 4 heterocycles. The van der Waals surface area contributed by atoms with Crippen LogP contribution in [0.15, 0.2) is 30.9 Å². The molecule has 226 valence electrons. The molecule has 2 fully saturated rings. The Labute approximate surface area is 260 Å². The summed E-state index contributed by atoms with van der Waals surface area (Å²) in [6, 6.07) is 5.71. The molecule has 43 heavy (non-hydrogen) atoms. The van der Waals surface area contributed by atoms with Crippen LogP contribution in [0.4, 0.5) is 16.2 Å². The van der Waals surface area contributed by atoms with E-state index in [1.54, 1.807) is 17.8 Å². The van der Waals surface area contributed by atoms with E-state index in [0.29, 0.717) is 52.5 Å². The normalized spacial score (nSPS) is 19.5. The Morgan fingerprint density at radius 3 is 2.47 bits per heavy atom. The van der Waals surface area contributed by atoms with Gasteiger partial charge in [-0.1, -0.05) is 35.8 Å². The van der Waals surface area contributed by atoms with E-state index in [9.17, 15) is 4.79 Å². The van der Waals surface area contributed by atoms with Crippen LogP contribution in [0.5, 0.6) is 0 Å². The minimum Gasteiger partial charge on any atom is -0.349 e. The number of piperazine rings is 1. The van der Waals surface area contributed by atoms with Crippen molar-refractivity contribution in [1.82, 2.24) is 29.5 Å². The number of fused-ring (bicyclic) bond motifs is 2. The molecule has 6 rings (SSSR count). The van der Waals surface area contributed by atoms with Crippen LogP contribution < -0.4 is 9.80 Å². The fourth-order valence-electron chi connectivity index (χ4n) is 6.29. The summed E-state index contributed by atoms with van der Waals surface area (Å²) in [6.07, 6.45) is 1.34. The Kier molecular flexibility index (Phi) is 7.51. The lowest BCUT2D eigenvalue weighted by Gasteiger charge is -2.45. The van der Waals surface area contributed by atoms with Crippen LogP contribution in [0.25, 0.3) is 32.9 Å². The van der Waals surface area contributed by atoms with Crippen molar-refractivity contribution in [2.75, 3.05) is 50.1 Å². The van der Waals surface area contributed by atoms with Crippen molar-refractivity contribution >= 4 is 62.7 Å². The highest BCUT2D eigenvalue weighted by Gasteiger charge is 2.36. The second-order valence-corrected chi connectivity index (χ2v) is 12.7. The third-order valence-corrected chi connectivity index (χ3v) is 9.44. The summed E-state index contributed by atoms with van der Waals surface area (Å²) in [5, 5.41) is 6.20. The summed E-state index contributed by atoms with van der Waals surface area (Å²) in [5.74, 6) is 0.437. The van der Waals surface area contributed by atoms with Gasteiger partial charge in [-0.05, 0) is 58.6 Å². The summed E-state index contributed by atoms with van der Waals surface area (Å²) >= 11 is 13.4. The topological polar surface area (TPSA) is 73.6 Å². The Hall–Kier alpha value is -3.47. The van der Waals surface area contributed by atoms with Gasteiger partial charge in [-0.2, -0.15) is 10.1 Å². The van der Waals surface area contributed by atoms with E-state index in [2.05, 4.69) is 26.4 Å². The minimum absolute atomic E-state index is 0.0916. The number of rotatable bonds is 5. The maximum atomic E-state index is 17.0. The van der Waals surface area contributed by atoms with Gasteiger partial charge in [-0.3, -0.25) is 9.48 Å². The molecule has 2 aliphatic rings. The van der Waals surface area contributed by atoms with E-state index in [1.807, 2.05) is 51.9 Å². The van der Waals surface area contributed by atoms with Crippen molar-refractivity contribution < 1.29 is 9.18 Å². The van der Waals surface area contributed by atoms with Crippen LogP contribution in [0.3, 0.4) is 0 Å². The van der Waals surface area contributed by atoms with Gasteiger partial charge in [0.05, 0.1) is 10.5 Å². The minimum atomic E-state index is -0.522. The van der Waals surface area contributed by atoms with Gasteiger partial charge in [-0.15, -0.1) is 0 Å². The van der Waals surface area contributed by atoms with Crippen LogP contribution in [-0.2, 0) is 11.8 Å². The molecule has 0 radical (unpaired) electrons. The number of aromatic nitrogens is 4. The first-order chi connectivity index (χ1) is 20.4. The molecule has 1 amide bonds. The van der Waals surface area contributed by atoms with E-state index >= 15 is 4.39 Å². The predicted octanol–water partition coefficient (Wildman–Crippen LogP) is 5.30. The van der Waals surface area contributed by atoms with E-state index in [1.165, 1.54) is 6.08 Å². The Bertz CT molecular complexity index is 1780. The number of benzene rings is 2. The number of anilines is 2. The summed E-state index contributed by atoms with van der Waals surface area (Å²) in [6.45, 7) is 12.1. The molecule has 2 saturated heterocycles. The molecule has 2 aromatic heterocycles. The summed E-state index contributed by atoms with van der Waals surface area (Å²) < 4.78 is 18.7. The van der Waals surface area contributed by atoms with Crippen molar-refractivity contribution in [2.24, 2.45) is 7.05 Å². The lowest BCUT2D eigenvalue weighted by Crippen LogP contribution is -2.59. The molecule has 0 unspecified atom stereocenters. The van der Waals surface area contributed by atoms with Crippen LogP contribution in [0.1, 0.15) is 19.4 Å². The molecule has 9 nitrogen and oxygen atoms in total. The SMILES string of the molecule is C=CC(=O)N1C[C@H](C)N(c2nc(N3CC(N(C)C)C3)nc3c(F)c(-c4c(C)ccc5c(Cl)nn(C)c45)c(Cl)cc23)C[C@H]1C. The van der Waals surface area contributed by atoms with E-state index < -0.39 is 5.82 Å². The highest BCUT2D eigenvalue weighted by molar-refractivity contribution is 6.36. The number of carbonyl (C=O) groups is 1. The molecule has 0 saturated carbocycles. The molecule has 2 aromatic carbocycles. The predicted molar refractivity (Wildman–Crippen MR) is 172 cm³/mol. The summed E-state index contributed by atoms with van der Waals surface area (Å²) in [7, 11) is 5.87. The number of halogens is 3. The van der Waals surface area contributed by atoms with E-state index in [0.717, 1.165) is 24.0 Å². The number of aryl methyl sites for hydroxylation is 2. The molecule has 0 aliphatic carbocycles. The maximum Gasteiger partial charge on any atom is 0.246 e. The zero-order chi connectivity index (χ0) is 30.9. The molecule has 0 N–H and O–H groups in total. The van der Waals surface area contributed by atoms with Crippen molar-refractivity contribution in [3.8, 4) is 11.1 Å². The molecule has 4 aromatic rings. The smallest absolute Gasteiger partial charge is 0.246 e.